The molecule has 2 atom stereocenters. The quantitative estimate of drug-likeness (QED) is 0.486. The van der Waals surface area contributed by atoms with Crippen LogP contribution in [0.5, 0.6) is 5.75 Å². The van der Waals surface area contributed by atoms with Gasteiger partial charge in [-0.3, -0.25) is 14.3 Å². The van der Waals surface area contributed by atoms with Crippen LogP contribution in [0.3, 0.4) is 0 Å². The van der Waals surface area contributed by atoms with Gasteiger partial charge in [-0.1, -0.05) is 43.0 Å². The van der Waals surface area contributed by atoms with Crippen LogP contribution >= 0.6 is 11.6 Å². The molecule has 4 rings (SSSR count). The summed E-state index contributed by atoms with van der Waals surface area (Å²) in [4.78, 5) is 27.5. The van der Waals surface area contributed by atoms with E-state index < -0.39 is 12.1 Å². The number of rotatable bonds is 10. The lowest BCUT2D eigenvalue weighted by molar-refractivity contribution is -0.134. The molecule has 1 saturated carbocycles. The molecule has 10 heteroatoms. The molecule has 2 aliphatic rings. The Morgan fingerprint density at radius 1 is 1.30 bits per heavy atom. The molecule has 3 N–H and O–H groups in total. The Labute approximate surface area is 196 Å². The van der Waals surface area contributed by atoms with E-state index in [0.29, 0.717) is 34.7 Å². The predicted molar refractivity (Wildman–Crippen MR) is 122 cm³/mol. The number of anilines is 1. The van der Waals surface area contributed by atoms with Crippen molar-refractivity contribution in [3.05, 3.63) is 53.4 Å². The van der Waals surface area contributed by atoms with Gasteiger partial charge in [0.05, 0.1) is 30.8 Å². The number of ether oxygens (including phenoxy) is 1. The lowest BCUT2D eigenvalue weighted by atomic mass is 9.80. The van der Waals surface area contributed by atoms with Crippen LogP contribution in [-0.4, -0.2) is 62.0 Å². The van der Waals surface area contributed by atoms with Crippen LogP contribution in [0.2, 0.25) is 5.02 Å². The monoisotopic (exact) mass is 474 g/mol. The minimum absolute atomic E-state index is 0.106. The number of benzene rings is 1. The van der Waals surface area contributed by atoms with Gasteiger partial charge in [0.1, 0.15) is 17.6 Å². The van der Waals surface area contributed by atoms with Crippen molar-refractivity contribution in [3.63, 3.8) is 0 Å². The molecule has 2 aromatic rings. The minimum atomic E-state index is -0.940. The number of hydrogen-bond donors (Lipinski definition) is 3. The van der Waals surface area contributed by atoms with Crippen LogP contribution in [0.4, 0.5) is 5.82 Å². The van der Waals surface area contributed by atoms with Gasteiger partial charge in [0.2, 0.25) is 5.91 Å². The molecular formula is C23H27ClN4O5. The van der Waals surface area contributed by atoms with Crippen molar-refractivity contribution in [2.24, 2.45) is 5.92 Å². The summed E-state index contributed by atoms with van der Waals surface area (Å²) in [6, 6.07) is 7.96. The molecule has 1 aromatic carbocycles. The van der Waals surface area contributed by atoms with Crippen molar-refractivity contribution >= 4 is 29.2 Å². The molecule has 176 valence electrons. The molecule has 1 fully saturated rings. The molecule has 2 unspecified atom stereocenters. The fourth-order valence-corrected chi connectivity index (χ4v) is 4.11. The second-order valence-corrected chi connectivity index (χ2v) is 8.81. The third-order valence-corrected chi connectivity index (χ3v) is 6.24. The van der Waals surface area contributed by atoms with E-state index in [1.165, 1.54) is 15.7 Å². The summed E-state index contributed by atoms with van der Waals surface area (Å²) < 4.78 is 7.27. The van der Waals surface area contributed by atoms with Crippen molar-refractivity contribution in [3.8, 4) is 5.75 Å². The first kappa shape index (κ1) is 23.3. The van der Waals surface area contributed by atoms with E-state index in [4.69, 9.17) is 21.4 Å². The maximum absolute atomic E-state index is 13.2. The number of nitrogens with one attached hydrogen (secondary N) is 1. The first-order valence-electron chi connectivity index (χ1n) is 11.0. The van der Waals surface area contributed by atoms with Crippen LogP contribution in [0.1, 0.15) is 25.7 Å². The maximum Gasteiger partial charge on any atom is 0.251 e. The Balaban J connectivity index is 1.44. The Kier molecular flexibility index (Phi) is 7.32. The van der Waals surface area contributed by atoms with E-state index in [2.05, 4.69) is 10.4 Å². The second-order valence-electron chi connectivity index (χ2n) is 8.41. The average Bonchev–Trinajstić information content (AvgIpc) is 3.34. The molecular weight excluding hydrogens is 448 g/mol. The number of hydrogen-bond acceptors (Lipinski definition) is 6. The second kappa shape index (κ2) is 10.4. The third kappa shape index (κ3) is 5.73. The van der Waals surface area contributed by atoms with Crippen LogP contribution in [0.15, 0.2) is 48.4 Å². The maximum atomic E-state index is 13.2. The smallest absolute Gasteiger partial charge is 0.251 e. The van der Waals surface area contributed by atoms with E-state index in [9.17, 15) is 14.7 Å². The van der Waals surface area contributed by atoms with Gasteiger partial charge >= 0.3 is 0 Å². The van der Waals surface area contributed by atoms with Crippen molar-refractivity contribution in [2.75, 3.05) is 18.5 Å². The highest BCUT2D eigenvalue weighted by atomic mass is 35.5. The highest BCUT2D eigenvalue weighted by molar-refractivity contribution is 6.32. The molecule has 9 nitrogen and oxygen atoms in total. The first-order valence-corrected chi connectivity index (χ1v) is 11.4. The molecule has 1 aliphatic carbocycles. The number of para-hydroxylation sites is 1. The van der Waals surface area contributed by atoms with Crippen molar-refractivity contribution in [2.45, 2.75) is 44.4 Å². The fraction of sp³-hybridized carbons (Fsp3) is 0.435. The fourth-order valence-electron chi connectivity index (χ4n) is 3.94. The molecule has 33 heavy (non-hydrogen) atoms. The van der Waals surface area contributed by atoms with Gasteiger partial charge in [0, 0.05) is 18.3 Å². The van der Waals surface area contributed by atoms with E-state index in [1.807, 2.05) is 0 Å². The Bertz CT molecular complexity index is 1040. The summed E-state index contributed by atoms with van der Waals surface area (Å²) in [6.45, 7) is -0.102. The minimum Gasteiger partial charge on any atom is -0.458 e. The normalized spacial score (nSPS) is 18.0. The number of carbonyl (C=O) groups excluding carboxylic acids is 2. The van der Waals surface area contributed by atoms with Gasteiger partial charge in [-0.25, -0.2) is 0 Å². The third-order valence-electron chi connectivity index (χ3n) is 5.93. The topological polar surface area (TPSA) is 117 Å². The van der Waals surface area contributed by atoms with E-state index in [-0.39, 0.29) is 31.5 Å². The molecule has 0 spiro atoms. The first-order chi connectivity index (χ1) is 15.9. The molecule has 2 heterocycles. The Hall–Kier alpha value is -2.88. The summed E-state index contributed by atoms with van der Waals surface area (Å²) in [5.74, 6) is 0.983. The summed E-state index contributed by atoms with van der Waals surface area (Å²) in [7, 11) is 0. The number of carbonyl (C=O) groups is 2. The van der Waals surface area contributed by atoms with E-state index >= 15 is 0 Å². The van der Waals surface area contributed by atoms with Gasteiger partial charge in [0.25, 0.3) is 5.91 Å². The number of aliphatic hydroxyl groups is 2. The van der Waals surface area contributed by atoms with Crippen LogP contribution in [0, 0.1) is 5.92 Å². The Morgan fingerprint density at radius 3 is 2.79 bits per heavy atom. The Morgan fingerprint density at radius 2 is 2.09 bits per heavy atom. The molecule has 0 saturated heterocycles. The van der Waals surface area contributed by atoms with Crippen LogP contribution in [0.25, 0.3) is 0 Å². The van der Waals surface area contributed by atoms with E-state index in [1.54, 1.807) is 36.5 Å². The van der Waals surface area contributed by atoms with Crippen molar-refractivity contribution in [1.82, 2.24) is 14.7 Å². The predicted octanol–water partition coefficient (Wildman–Crippen LogP) is 2.19. The summed E-state index contributed by atoms with van der Waals surface area (Å²) in [5, 5.41) is 26.0. The van der Waals surface area contributed by atoms with Crippen molar-refractivity contribution in [1.29, 1.82) is 0 Å². The van der Waals surface area contributed by atoms with E-state index in [0.717, 1.165) is 19.3 Å². The van der Waals surface area contributed by atoms with Gasteiger partial charge in [0.15, 0.2) is 5.82 Å². The highest BCUT2D eigenvalue weighted by Gasteiger charge is 2.37. The molecule has 0 bridgehead atoms. The average molecular weight is 475 g/mol. The zero-order valence-corrected chi connectivity index (χ0v) is 18.8. The molecule has 0 radical (unpaired) electrons. The van der Waals surface area contributed by atoms with Crippen molar-refractivity contribution < 1.29 is 24.5 Å². The number of amides is 2. The van der Waals surface area contributed by atoms with Gasteiger partial charge in [-0.05, 0) is 24.5 Å². The largest absolute Gasteiger partial charge is 0.458 e. The summed E-state index contributed by atoms with van der Waals surface area (Å²) in [5.41, 5.74) is 0. The summed E-state index contributed by atoms with van der Waals surface area (Å²) >= 11 is 6.16. The zero-order valence-electron chi connectivity index (χ0n) is 18.1. The number of nitrogens with zero attached hydrogens (tertiary/aromatic N) is 3. The molecule has 1 aliphatic heterocycles. The lowest BCUT2D eigenvalue weighted by Crippen LogP contribution is -2.47. The number of aliphatic hydroxyl groups excluding tert-OH is 2. The highest BCUT2D eigenvalue weighted by Crippen LogP contribution is 2.33. The standard InChI is InChI=1S/C23H27ClN4O5/c24-18-6-1-2-7-20(18)33-17-11-22(31)28(13-17)19(10-15-4-3-5-15)23(32)25-21-8-9-27(26-21)12-16(30)14-29/h1-2,6-9,11,15-16,19,29-30H,3-5,10,12-14H2,(H,25,26,32). The number of halogens is 1. The SMILES string of the molecule is O=C(Nc1ccn(CC(O)CO)n1)C(CC1CCC1)N1CC(Oc2ccccc2Cl)=CC1=O. The van der Waals surface area contributed by atoms with Crippen LogP contribution in [-0.2, 0) is 16.1 Å². The lowest BCUT2D eigenvalue weighted by Gasteiger charge is -2.33. The van der Waals surface area contributed by atoms with Crippen LogP contribution < -0.4 is 10.1 Å². The zero-order chi connectivity index (χ0) is 23.4. The summed E-state index contributed by atoms with van der Waals surface area (Å²) in [6.07, 6.45) is 5.83. The molecule has 1 aromatic heterocycles. The molecule has 2 amide bonds. The number of aromatic nitrogens is 2. The van der Waals surface area contributed by atoms with Gasteiger partial charge in [-0.15, -0.1) is 0 Å². The van der Waals surface area contributed by atoms with Gasteiger partial charge < -0.3 is 25.2 Å². The van der Waals surface area contributed by atoms with Gasteiger partial charge in [-0.2, -0.15) is 5.10 Å².